The molecule has 0 aliphatic carbocycles. The van der Waals surface area contributed by atoms with Crippen molar-refractivity contribution in [3.05, 3.63) is 24.3 Å². The topological polar surface area (TPSA) is 108 Å². The van der Waals surface area contributed by atoms with Crippen LogP contribution in [0, 0.1) is 0 Å². The maximum Gasteiger partial charge on any atom is 0.472 e. The van der Waals surface area contributed by atoms with Crippen molar-refractivity contribution in [3.8, 4) is 0 Å². The molecule has 0 saturated heterocycles. The van der Waals surface area contributed by atoms with Crippen LogP contribution in [0.5, 0.6) is 0 Å². The fraction of sp³-hybridized carbons (Fsp3) is 0.667. The van der Waals surface area contributed by atoms with Crippen LogP contribution in [0.1, 0.15) is 53.4 Å². The van der Waals surface area contributed by atoms with Crippen molar-refractivity contribution in [3.63, 3.8) is 0 Å². The van der Waals surface area contributed by atoms with Crippen molar-refractivity contribution in [2.24, 2.45) is 0 Å². The molecule has 9 heteroatoms. The molecule has 8 nitrogen and oxygen atoms in total. The lowest BCUT2D eigenvalue weighted by molar-refractivity contribution is -0.146. The van der Waals surface area contributed by atoms with Crippen molar-refractivity contribution < 1.29 is 37.6 Å². The van der Waals surface area contributed by atoms with Gasteiger partial charge in [-0.1, -0.05) is 39.8 Å². The number of phosphoric ester groups is 1. The van der Waals surface area contributed by atoms with Crippen LogP contribution in [0.4, 0.5) is 0 Å². The van der Waals surface area contributed by atoms with E-state index in [4.69, 9.17) is 18.5 Å². The Kier molecular flexibility index (Phi) is 12.1. The first-order chi connectivity index (χ1) is 12.5. The van der Waals surface area contributed by atoms with E-state index in [1.165, 1.54) is 13.8 Å². The summed E-state index contributed by atoms with van der Waals surface area (Å²) in [6, 6.07) is 0. The molecular formula is C18H31O8P. The Labute approximate surface area is 161 Å². The second-order valence-electron chi connectivity index (χ2n) is 6.25. The molecule has 0 aromatic rings. The molecule has 0 saturated carbocycles. The second-order valence-corrected chi connectivity index (χ2v) is 7.71. The lowest BCUT2D eigenvalue weighted by atomic mass is 10.2. The third kappa shape index (κ3) is 11.8. The van der Waals surface area contributed by atoms with E-state index in [1.807, 2.05) is 13.8 Å². The molecule has 0 radical (unpaired) electrons. The highest BCUT2D eigenvalue weighted by Gasteiger charge is 2.27. The van der Waals surface area contributed by atoms with Gasteiger partial charge in [-0.2, -0.15) is 0 Å². The molecule has 0 bridgehead atoms. The van der Waals surface area contributed by atoms with Gasteiger partial charge in [0.05, 0.1) is 13.2 Å². The summed E-state index contributed by atoms with van der Waals surface area (Å²) in [5, 5.41) is 0. The van der Waals surface area contributed by atoms with Crippen LogP contribution in [-0.4, -0.2) is 42.3 Å². The van der Waals surface area contributed by atoms with Crippen LogP contribution in [0.3, 0.4) is 0 Å². The number of carbonyl (C=O) groups is 2. The van der Waals surface area contributed by atoms with Gasteiger partial charge in [-0.3, -0.25) is 9.05 Å². The van der Waals surface area contributed by atoms with Crippen molar-refractivity contribution in [1.82, 2.24) is 0 Å². The molecule has 0 aliphatic rings. The summed E-state index contributed by atoms with van der Waals surface area (Å²) in [5.41, 5.74) is 0.447. The first-order valence-electron chi connectivity index (χ1n) is 8.87. The highest BCUT2D eigenvalue weighted by molar-refractivity contribution is 7.47. The normalized spacial score (nSPS) is 15.3. The summed E-state index contributed by atoms with van der Waals surface area (Å²) in [7, 11) is -4.41. The summed E-state index contributed by atoms with van der Waals surface area (Å²) in [6.07, 6.45) is 0.876. The Balaban J connectivity index is 4.66. The maximum atomic E-state index is 12.1. The van der Waals surface area contributed by atoms with Crippen LogP contribution in [0.2, 0.25) is 0 Å². The molecule has 0 amide bonds. The summed E-state index contributed by atoms with van der Waals surface area (Å²) in [6.45, 7) is 13.1. The van der Waals surface area contributed by atoms with E-state index in [0.29, 0.717) is 25.7 Å². The molecule has 2 atom stereocenters. The zero-order valence-corrected chi connectivity index (χ0v) is 17.5. The number of hydrogen-bond acceptors (Lipinski definition) is 7. The Morgan fingerprint density at radius 2 is 1.22 bits per heavy atom. The van der Waals surface area contributed by atoms with Gasteiger partial charge in [0.15, 0.2) is 0 Å². The van der Waals surface area contributed by atoms with Gasteiger partial charge in [0, 0.05) is 11.1 Å². The smallest absolute Gasteiger partial charge is 0.457 e. The minimum atomic E-state index is -4.41. The predicted molar refractivity (Wildman–Crippen MR) is 101 cm³/mol. The number of hydrogen-bond donors (Lipinski definition) is 1. The van der Waals surface area contributed by atoms with E-state index in [-0.39, 0.29) is 24.4 Å². The van der Waals surface area contributed by atoms with Gasteiger partial charge in [-0.15, -0.1) is 0 Å². The van der Waals surface area contributed by atoms with E-state index in [9.17, 15) is 19.0 Å². The molecule has 0 heterocycles. The molecule has 1 N–H and O–H groups in total. The first-order valence-corrected chi connectivity index (χ1v) is 10.4. The Morgan fingerprint density at radius 3 is 1.48 bits per heavy atom. The molecular weight excluding hydrogens is 375 g/mol. The van der Waals surface area contributed by atoms with Crippen molar-refractivity contribution in [2.45, 2.75) is 65.6 Å². The predicted octanol–water partition coefficient (Wildman–Crippen LogP) is 3.70. The monoisotopic (exact) mass is 406 g/mol. The summed E-state index contributed by atoms with van der Waals surface area (Å²) < 4.78 is 32.2. The second kappa shape index (κ2) is 12.8. The van der Waals surface area contributed by atoms with Gasteiger partial charge in [-0.25, -0.2) is 14.2 Å². The van der Waals surface area contributed by atoms with Gasteiger partial charge in [-0.05, 0) is 26.7 Å². The number of rotatable bonds is 14. The van der Waals surface area contributed by atoms with Gasteiger partial charge in [0.2, 0.25) is 0 Å². The molecule has 0 rings (SSSR count). The number of phosphoric acid groups is 1. The average molecular weight is 406 g/mol. The minimum absolute atomic E-state index is 0.223. The summed E-state index contributed by atoms with van der Waals surface area (Å²) in [4.78, 5) is 33.0. The molecule has 0 fully saturated rings. The maximum absolute atomic E-state index is 12.1. The van der Waals surface area contributed by atoms with Crippen LogP contribution in [0.25, 0.3) is 0 Å². The summed E-state index contributed by atoms with van der Waals surface area (Å²) in [5.74, 6) is -1.19. The van der Waals surface area contributed by atoms with E-state index < -0.39 is 32.0 Å². The summed E-state index contributed by atoms with van der Waals surface area (Å²) >= 11 is 0. The van der Waals surface area contributed by atoms with E-state index in [2.05, 4.69) is 13.2 Å². The fourth-order valence-electron chi connectivity index (χ4n) is 1.89. The number of esters is 2. The van der Waals surface area contributed by atoms with Gasteiger partial charge in [0.25, 0.3) is 0 Å². The lowest BCUT2D eigenvalue weighted by Crippen LogP contribution is -2.25. The van der Waals surface area contributed by atoms with Crippen LogP contribution >= 0.6 is 7.82 Å². The lowest BCUT2D eigenvalue weighted by Gasteiger charge is -2.21. The largest absolute Gasteiger partial charge is 0.472 e. The average Bonchev–Trinajstić information content (AvgIpc) is 2.57. The fourth-order valence-corrected chi connectivity index (χ4v) is 2.68. The van der Waals surface area contributed by atoms with Gasteiger partial charge in [0.1, 0.15) is 12.2 Å². The highest BCUT2D eigenvalue weighted by Crippen LogP contribution is 2.43. The van der Waals surface area contributed by atoms with Gasteiger partial charge < -0.3 is 14.4 Å². The Morgan fingerprint density at radius 1 is 0.889 bits per heavy atom. The molecule has 27 heavy (non-hydrogen) atoms. The van der Waals surface area contributed by atoms with Gasteiger partial charge >= 0.3 is 19.8 Å². The molecule has 0 aromatic carbocycles. The minimum Gasteiger partial charge on any atom is -0.457 e. The van der Waals surface area contributed by atoms with Crippen LogP contribution in [0.15, 0.2) is 24.3 Å². The molecule has 2 unspecified atom stereocenters. The number of carbonyl (C=O) groups excluding carboxylic acids is 2. The zero-order valence-electron chi connectivity index (χ0n) is 16.6. The number of ether oxygens (including phenoxy) is 2. The molecule has 0 aliphatic heterocycles. The quantitative estimate of drug-likeness (QED) is 0.264. The zero-order chi connectivity index (χ0) is 21.0. The first kappa shape index (κ1) is 25.5. The van der Waals surface area contributed by atoms with E-state index in [1.54, 1.807) is 0 Å². The molecule has 156 valence electrons. The van der Waals surface area contributed by atoms with E-state index >= 15 is 0 Å². The highest BCUT2D eigenvalue weighted by atomic mass is 31.2. The van der Waals surface area contributed by atoms with Crippen molar-refractivity contribution in [2.75, 3.05) is 13.2 Å². The van der Waals surface area contributed by atoms with Crippen LogP contribution < -0.4 is 0 Å². The Hall–Kier alpha value is -1.47. The molecule has 0 spiro atoms. The van der Waals surface area contributed by atoms with Crippen LogP contribution in [-0.2, 0) is 32.7 Å². The Bertz CT molecular complexity index is 526. The SMILES string of the molecule is C=C(C)C(=O)OC(CCC)COP(=O)(O)OCC(CCC)OC(=O)C(=C)C. The van der Waals surface area contributed by atoms with Crippen molar-refractivity contribution >= 4 is 19.8 Å². The van der Waals surface area contributed by atoms with E-state index in [0.717, 1.165) is 0 Å². The molecule has 0 aromatic heterocycles. The third-order valence-electron chi connectivity index (χ3n) is 3.31. The standard InChI is InChI=1S/C18H31O8P/c1-7-9-15(25-17(19)13(3)4)11-23-27(21,22)24-12-16(10-8-2)26-18(20)14(5)6/h15-16H,3,5,7-12H2,1-2,4,6H3,(H,21,22). The third-order valence-corrected chi connectivity index (χ3v) is 4.26. The van der Waals surface area contributed by atoms with Crippen molar-refractivity contribution in [1.29, 1.82) is 0 Å².